The van der Waals surface area contributed by atoms with Gasteiger partial charge in [0.25, 0.3) is 0 Å². The minimum absolute atomic E-state index is 0.107. The standard InChI is InChI=1S/C12H11BrN2O2/c13-9-2-1-3-11(6-9)15-7-10(14-8-15)4-5-12(16)17/h1-3,6-8H,4-5H2,(H,16,17). The highest BCUT2D eigenvalue weighted by atomic mass is 79.9. The first-order valence-corrected chi connectivity index (χ1v) is 5.95. The average molecular weight is 295 g/mol. The molecule has 4 nitrogen and oxygen atoms in total. The molecular formula is C12H11BrN2O2. The summed E-state index contributed by atoms with van der Waals surface area (Å²) in [6.07, 6.45) is 4.11. The van der Waals surface area contributed by atoms with Crippen molar-refractivity contribution in [1.29, 1.82) is 0 Å². The molecule has 1 aromatic heterocycles. The van der Waals surface area contributed by atoms with Crippen LogP contribution in [0.5, 0.6) is 0 Å². The van der Waals surface area contributed by atoms with Gasteiger partial charge in [-0.25, -0.2) is 4.98 Å². The van der Waals surface area contributed by atoms with Crippen molar-refractivity contribution in [2.75, 3.05) is 0 Å². The third kappa shape index (κ3) is 3.17. The lowest BCUT2D eigenvalue weighted by Gasteiger charge is -2.01. The van der Waals surface area contributed by atoms with Gasteiger partial charge in [0.15, 0.2) is 0 Å². The highest BCUT2D eigenvalue weighted by Gasteiger charge is 2.04. The summed E-state index contributed by atoms with van der Waals surface area (Å²) in [4.78, 5) is 14.6. The van der Waals surface area contributed by atoms with Crippen LogP contribution in [0.15, 0.2) is 41.3 Å². The largest absolute Gasteiger partial charge is 0.481 e. The van der Waals surface area contributed by atoms with E-state index in [1.165, 1.54) is 0 Å². The smallest absolute Gasteiger partial charge is 0.303 e. The van der Waals surface area contributed by atoms with Crippen molar-refractivity contribution in [2.45, 2.75) is 12.8 Å². The SMILES string of the molecule is O=C(O)CCc1cn(-c2cccc(Br)c2)cn1. The van der Waals surface area contributed by atoms with E-state index in [1.807, 2.05) is 35.0 Å². The Morgan fingerprint density at radius 2 is 2.29 bits per heavy atom. The molecule has 5 heteroatoms. The van der Waals surface area contributed by atoms with Gasteiger partial charge in [0, 0.05) is 22.8 Å². The number of imidazole rings is 1. The summed E-state index contributed by atoms with van der Waals surface area (Å²) in [7, 11) is 0. The summed E-state index contributed by atoms with van der Waals surface area (Å²) >= 11 is 3.40. The minimum Gasteiger partial charge on any atom is -0.481 e. The summed E-state index contributed by atoms with van der Waals surface area (Å²) in [5.41, 5.74) is 1.78. The van der Waals surface area contributed by atoms with E-state index in [1.54, 1.807) is 6.33 Å². The molecule has 0 atom stereocenters. The number of benzene rings is 1. The van der Waals surface area contributed by atoms with E-state index in [-0.39, 0.29) is 6.42 Å². The summed E-state index contributed by atoms with van der Waals surface area (Å²) in [5.74, 6) is -0.804. The van der Waals surface area contributed by atoms with E-state index in [4.69, 9.17) is 5.11 Å². The molecular weight excluding hydrogens is 284 g/mol. The second-order valence-corrected chi connectivity index (χ2v) is 4.56. The Morgan fingerprint density at radius 3 is 3.00 bits per heavy atom. The number of aromatic nitrogens is 2. The Bertz CT molecular complexity index is 537. The van der Waals surface area contributed by atoms with Crippen LogP contribution in [0.3, 0.4) is 0 Å². The maximum atomic E-state index is 10.5. The lowest BCUT2D eigenvalue weighted by atomic mass is 10.2. The fourth-order valence-electron chi connectivity index (χ4n) is 1.51. The number of hydrogen-bond acceptors (Lipinski definition) is 2. The molecule has 1 heterocycles. The highest BCUT2D eigenvalue weighted by Crippen LogP contribution is 2.15. The summed E-state index contributed by atoms with van der Waals surface area (Å²) in [5, 5.41) is 8.59. The number of carbonyl (C=O) groups is 1. The minimum atomic E-state index is -0.804. The number of aryl methyl sites for hydroxylation is 1. The molecule has 0 aliphatic carbocycles. The fraction of sp³-hybridized carbons (Fsp3) is 0.167. The van der Waals surface area contributed by atoms with Gasteiger partial charge in [0.2, 0.25) is 0 Å². The number of carboxylic acid groups (broad SMARTS) is 1. The van der Waals surface area contributed by atoms with E-state index >= 15 is 0 Å². The maximum Gasteiger partial charge on any atom is 0.303 e. The van der Waals surface area contributed by atoms with Crippen LogP contribution in [0.1, 0.15) is 12.1 Å². The first kappa shape index (κ1) is 11.9. The molecule has 2 rings (SSSR count). The van der Waals surface area contributed by atoms with E-state index in [0.717, 1.165) is 15.9 Å². The van der Waals surface area contributed by atoms with Crippen LogP contribution in [0.2, 0.25) is 0 Å². The van der Waals surface area contributed by atoms with Crippen molar-refractivity contribution in [2.24, 2.45) is 0 Å². The van der Waals surface area contributed by atoms with Crippen molar-refractivity contribution >= 4 is 21.9 Å². The van der Waals surface area contributed by atoms with Crippen molar-refractivity contribution < 1.29 is 9.90 Å². The predicted molar refractivity (Wildman–Crippen MR) is 67.2 cm³/mol. The average Bonchev–Trinajstić information content (AvgIpc) is 2.75. The molecule has 0 unspecified atom stereocenters. The third-order valence-electron chi connectivity index (χ3n) is 2.34. The van der Waals surface area contributed by atoms with Crippen LogP contribution < -0.4 is 0 Å². The molecule has 0 fully saturated rings. The maximum absolute atomic E-state index is 10.5. The molecule has 0 bridgehead atoms. The first-order chi connectivity index (χ1) is 8.15. The third-order valence-corrected chi connectivity index (χ3v) is 2.83. The van der Waals surface area contributed by atoms with Crippen molar-refractivity contribution in [3.05, 3.63) is 47.0 Å². The van der Waals surface area contributed by atoms with Crippen LogP contribution in [-0.2, 0) is 11.2 Å². The second-order valence-electron chi connectivity index (χ2n) is 3.65. The fourth-order valence-corrected chi connectivity index (χ4v) is 1.89. The highest BCUT2D eigenvalue weighted by molar-refractivity contribution is 9.10. The van der Waals surface area contributed by atoms with Crippen molar-refractivity contribution in [1.82, 2.24) is 9.55 Å². The topological polar surface area (TPSA) is 55.1 Å². The molecule has 0 saturated carbocycles. The number of aliphatic carboxylic acids is 1. The zero-order valence-corrected chi connectivity index (χ0v) is 10.6. The number of nitrogens with zero attached hydrogens (tertiary/aromatic N) is 2. The molecule has 0 spiro atoms. The van der Waals surface area contributed by atoms with Gasteiger partial charge in [-0.05, 0) is 18.2 Å². The van der Waals surface area contributed by atoms with Crippen LogP contribution in [-0.4, -0.2) is 20.6 Å². The number of rotatable bonds is 4. The van der Waals surface area contributed by atoms with Crippen LogP contribution in [0.4, 0.5) is 0 Å². The lowest BCUT2D eigenvalue weighted by molar-refractivity contribution is -0.136. The first-order valence-electron chi connectivity index (χ1n) is 5.16. The summed E-state index contributed by atoms with van der Waals surface area (Å²) in [6, 6.07) is 7.83. The molecule has 0 aliphatic heterocycles. The Balaban J connectivity index is 2.15. The molecule has 0 amide bonds. The molecule has 17 heavy (non-hydrogen) atoms. The van der Waals surface area contributed by atoms with E-state index in [2.05, 4.69) is 20.9 Å². The second kappa shape index (κ2) is 5.14. The zero-order valence-electron chi connectivity index (χ0n) is 9.01. The normalized spacial score (nSPS) is 10.4. The van der Waals surface area contributed by atoms with Gasteiger partial charge in [0.1, 0.15) is 0 Å². The molecule has 2 aromatic rings. The monoisotopic (exact) mass is 294 g/mol. The number of hydrogen-bond donors (Lipinski definition) is 1. The molecule has 88 valence electrons. The zero-order chi connectivity index (χ0) is 12.3. The lowest BCUT2D eigenvalue weighted by Crippen LogP contribution is -1.97. The molecule has 1 aromatic carbocycles. The van der Waals surface area contributed by atoms with Crippen LogP contribution in [0.25, 0.3) is 5.69 Å². The quantitative estimate of drug-likeness (QED) is 0.943. The Kier molecular flexibility index (Phi) is 3.58. The summed E-state index contributed by atoms with van der Waals surface area (Å²) < 4.78 is 2.87. The van der Waals surface area contributed by atoms with Crippen LogP contribution >= 0.6 is 15.9 Å². The number of halogens is 1. The molecule has 0 saturated heterocycles. The van der Waals surface area contributed by atoms with Gasteiger partial charge in [0.05, 0.1) is 18.4 Å². The van der Waals surface area contributed by atoms with Gasteiger partial charge >= 0.3 is 5.97 Å². The molecule has 1 N–H and O–H groups in total. The molecule has 0 aliphatic rings. The van der Waals surface area contributed by atoms with E-state index in [9.17, 15) is 4.79 Å². The Hall–Kier alpha value is -1.62. The van der Waals surface area contributed by atoms with Gasteiger partial charge in [-0.15, -0.1) is 0 Å². The van der Waals surface area contributed by atoms with Gasteiger partial charge in [-0.1, -0.05) is 22.0 Å². The number of carboxylic acids is 1. The van der Waals surface area contributed by atoms with E-state index in [0.29, 0.717) is 6.42 Å². The summed E-state index contributed by atoms with van der Waals surface area (Å²) in [6.45, 7) is 0. The Labute approximate surface area is 107 Å². The van der Waals surface area contributed by atoms with Gasteiger partial charge < -0.3 is 9.67 Å². The van der Waals surface area contributed by atoms with Crippen LogP contribution in [0, 0.1) is 0 Å². The van der Waals surface area contributed by atoms with Crippen molar-refractivity contribution in [3.8, 4) is 5.69 Å². The van der Waals surface area contributed by atoms with Gasteiger partial charge in [-0.2, -0.15) is 0 Å². The van der Waals surface area contributed by atoms with Crippen molar-refractivity contribution in [3.63, 3.8) is 0 Å². The molecule has 0 radical (unpaired) electrons. The predicted octanol–water partition coefficient (Wildman–Crippen LogP) is 2.65. The van der Waals surface area contributed by atoms with E-state index < -0.39 is 5.97 Å². The Morgan fingerprint density at radius 1 is 1.47 bits per heavy atom. The van der Waals surface area contributed by atoms with Gasteiger partial charge in [-0.3, -0.25) is 4.79 Å².